The summed E-state index contributed by atoms with van der Waals surface area (Å²) in [6.07, 6.45) is 2.15. The minimum absolute atomic E-state index is 0.205. The molecule has 94 valence electrons. The standard InChI is InChI=1S/C11H13N5OS/c12-10-4-8(7-2-1-3-13-7)15-16(10)11(17)9-5-18-6-14-9/h4-7,13H,1-3,12H2. The monoisotopic (exact) mass is 263 g/mol. The van der Waals surface area contributed by atoms with Crippen molar-refractivity contribution in [2.75, 3.05) is 12.3 Å². The molecule has 1 aliphatic rings. The number of nitrogen functional groups attached to an aromatic ring is 1. The summed E-state index contributed by atoms with van der Waals surface area (Å²) in [6.45, 7) is 0.984. The fourth-order valence-corrected chi connectivity index (χ4v) is 2.64. The third-order valence-electron chi connectivity index (χ3n) is 3.02. The van der Waals surface area contributed by atoms with Crippen LogP contribution in [0.25, 0.3) is 0 Å². The fourth-order valence-electron chi connectivity index (χ4n) is 2.11. The van der Waals surface area contributed by atoms with Crippen LogP contribution in [0.5, 0.6) is 0 Å². The van der Waals surface area contributed by atoms with Crippen LogP contribution in [0.15, 0.2) is 17.0 Å². The minimum Gasteiger partial charge on any atom is -0.383 e. The predicted octanol–water partition coefficient (Wildman–Crippen LogP) is 1.03. The average Bonchev–Trinajstić information content (AvgIpc) is 3.10. The Labute approximate surface area is 108 Å². The number of nitrogens with zero attached hydrogens (tertiary/aromatic N) is 3. The molecule has 0 bridgehead atoms. The molecule has 1 unspecified atom stereocenters. The fraction of sp³-hybridized carbons (Fsp3) is 0.364. The summed E-state index contributed by atoms with van der Waals surface area (Å²) in [7, 11) is 0. The van der Waals surface area contributed by atoms with Crippen LogP contribution in [0.4, 0.5) is 5.82 Å². The van der Waals surface area contributed by atoms with Crippen molar-refractivity contribution in [3.8, 4) is 0 Å². The zero-order chi connectivity index (χ0) is 12.5. The van der Waals surface area contributed by atoms with E-state index in [4.69, 9.17) is 5.73 Å². The number of nitrogens with two attached hydrogens (primary N) is 1. The molecule has 1 saturated heterocycles. The van der Waals surface area contributed by atoms with Crippen LogP contribution in [-0.4, -0.2) is 27.2 Å². The van der Waals surface area contributed by atoms with Crippen molar-refractivity contribution in [3.63, 3.8) is 0 Å². The van der Waals surface area contributed by atoms with Crippen LogP contribution >= 0.6 is 11.3 Å². The van der Waals surface area contributed by atoms with E-state index in [0.29, 0.717) is 11.5 Å². The van der Waals surface area contributed by atoms with Gasteiger partial charge in [0.15, 0.2) is 0 Å². The average molecular weight is 263 g/mol. The second-order valence-corrected chi connectivity index (χ2v) is 4.95. The van der Waals surface area contributed by atoms with Gasteiger partial charge in [0.2, 0.25) is 0 Å². The van der Waals surface area contributed by atoms with E-state index in [2.05, 4.69) is 15.4 Å². The summed E-state index contributed by atoms with van der Waals surface area (Å²) in [5.41, 5.74) is 8.66. The third-order valence-corrected chi connectivity index (χ3v) is 3.60. The lowest BCUT2D eigenvalue weighted by Gasteiger charge is -2.04. The number of thiazole rings is 1. The molecule has 3 rings (SSSR count). The topological polar surface area (TPSA) is 85.8 Å². The normalized spacial score (nSPS) is 19.2. The second kappa shape index (κ2) is 4.51. The molecule has 0 amide bonds. The lowest BCUT2D eigenvalue weighted by Crippen LogP contribution is -2.18. The Hall–Kier alpha value is -1.73. The molecule has 0 spiro atoms. The Balaban J connectivity index is 1.90. The molecule has 7 heteroatoms. The third kappa shape index (κ3) is 1.91. The molecule has 6 nitrogen and oxygen atoms in total. The summed E-state index contributed by atoms with van der Waals surface area (Å²) < 4.78 is 1.23. The highest BCUT2D eigenvalue weighted by Gasteiger charge is 2.22. The van der Waals surface area contributed by atoms with Crippen LogP contribution in [0, 0.1) is 0 Å². The first-order chi connectivity index (χ1) is 8.75. The molecule has 0 aromatic carbocycles. The summed E-state index contributed by atoms with van der Waals surface area (Å²) in [5, 5.41) is 9.31. The zero-order valence-electron chi connectivity index (χ0n) is 9.67. The molecule has 0 aliphatic carbocycles. The van der Waals surface area contributed by atoms with Gasteiger partial charge in [-0.2, -0.15) is 9.78 Å². The van der Waals surface area contributed by atoms with Crippen LogP contribution in [0.3, 0.4) is 0 Å². The van der Waals surface area contributed by atoms with Crippen LogP contribution in [0.1, 0.15) is 35.1 Å². The van der Waals surface area contributed by atoms with Gasteiger partial charge in [0.1, 0.15) is 11.5 Å². The summed E-state index contributed by atoms with van der Waals surface area (Å²) in [5.74, 6) is 0.0784. The van der Waals surface area contributed by atoms with Crippen molar-refractivity contribution in [2.24, 2.45) is 0 Å². The molecule has 1 fully saturated rings. The van der Waals surface area contributed by atoms with Crippen LogP contribution in [-0.2, 0) is 0 Å². The van der Waals surface area contributed by atoms with Gasteiger partial charge in [-0.3, -0.25) is 4.79 Å². The zero-order valence-corrected chi connectivity index (χ0v) is 10.5. The van der Waals surface area contributed by atoms with Crippen molar-refractivity contribution in [2.45, 2.75) is 18.9 Å². The Kier molecular flexibility index (Phi) is 2.85. The molecule has 3 heterocycles. The van der Waals surface area contributed by atoms with E-state index in [1.54, 1.807) is 17.0 Å². The SMILES string of the molecule is Nc1cc(C2CCCN2)nn1C(=O)c1cscn1. The van der Waals surface area contributed by atoms with Crippen molar-refractivity contribution in [1.29, 1.82) is 0 Å². The van der Waals surface area contributed by atoms with E-state index in [0.717, 1.165) is 25.1 Å². The van der Waals surface area contributed by atoms with Crippen LogP contribution in [0.2, 0.25) is 0 Å². The first kappa shape index (κ1) is 11.4. The van der Waals surface area contributed by atoms with E-state index in [9.17, 15) is 4.79 Å². The largest absolute Gasteiger partial charge is 0.383 e. The molecule has 0 saturated carbocycles. The molecule has 2 aromatic rings. The van der Waals surface area contributed by atoms with E-state index < -0.39 is 0 Å². The maximum Gasteiger partial charge on any atom is 0.299 e. The summed E-state index contributed by atoms with van der Waals surface area (Å²) in [4.78, 5) is 16.1. The van der Waals surface area contributed by atoms with E-state index in [1.807, 2.05) is 0 Å². The highest BCUT2D eigenvalue weighted by Crippen LogP contribution is 2.23. The van der Waals surface area contributed by atoms with E-state index in [-0.39, 0.29) is 11.9 Å². The summed E-state index contributed by atoms with van der Waals surface area (Å²) >= 11 is 1.37. The van der Waals surface area contributed by atoms with Crippen molar-refractivity contribution in [3.05, 3.63) is 28.3 Å². The number of nitrogens with one attached hydrogen (secondary N) is 1. The van der Waals surface area contributed by atoms with E-state index in [1.165, 1.54) is 16.0 Å². The van der Waals surface area contributed by atoms with Gasteiger partial charge in [0.25, 0.3) is 5.91 Å². The van der Waals surface area contributed by atoms with Crippen molar-refractivity contribution >= 4 is 23.1 Å². The Bertz CT molecular complexity index is 556. The van der Waals surface area contributed by atoms with Gasteiger partial charge in [-0.25, -0.2) is 4.98 Å². The number of carbonyl (C=O) groups excluding carboxylic acids is 1. The maximum atomic E-state index is 12.1. The van der Waals surface area contributed by atoms with E-state index >= 15 is 0 Å². The Morgan fingerprint density at radius 2 is 2.50 bits per heavy atom. The number of carbonyl (C=O) groups is 1. The molecule has 0 radical (unpaired) electrons. The first-order valence-corrected chi connectivity index (χ1v) is 6.71. The van der Waals surface area contributed by atoms with Crippen LogP contribution < -0.4 is 11.1 Å². The molecule has 1 atom stereocenters. The summed E-state index contributed by atoms with van der Waals surface area (Å²) in [6, 6.07) is 1.96. The number of hydrogen-bond acceptors (Lipinski definition) is 6. The molecular formula is C11H13N5OS. The van der Waals surface area contributed by atoms with Gasteiger partial charge in [0.05, 0.1) is 17.2 Å². The first-order valence-electron chi connectivity index (χ1n) is 5.77. The lowest BCUT2D eigenvalue weighted by molar-refractivity contribution is 0.0943. The number of rotatable bonds is 2. The Morgan fingerprint density at radius 1 is 1.61 bits per heavy atom. The number of anilines is 1. The highest BCUT2D eigenvalue weighted by molar-refractivity contribution is 7.07. The van der Waals surface area contributed by atoms with Crippen molar-refractivity contribution < 1.29 is 4.79 Å². The molecular weight excluding hydrogens is 250 g/mol. The quantitative estimate of drug-likeness (QED) is 0.845. The molecule has 18 heavy (non-hydrogen) atoms. The highest BCUT2D eigenvalue weighted by atomic mass is 32.1. The maximum absolute atomic E-state index is 12.1. The van der Waals surface area contributed by atoms with Gasteiger partial charge >= 0.3 is 0 Å². The molecule has 1 aliphatic heterocycles. The predicted molar refractivity (Wildman–Crippen MR) is 68.5 cm³/mol. The van der Waals surface area contributed by atoms with Crippen molar-refractivity contribution in [1.82, 2.24) is 20.1 Å². The van der Waals surface area contributed by atoms with Gasteiger partial charge in [-0.15, -0.1) is 11.3 Å². The minimum atomic E-state index is -0.280. The smallest absolute Gasteiger partial charge is 0.299 e. The second-order valence-electron chi connectivity index (χ2n) is 4.23. The van der Waals surface area contributed by atoms with Gasteiger partial charge in [0, 0.05) is 11.4 Å². The molecule has 3 N–H and O–H groups in total. The number of hydrogen-bond donors (Lipinski definition) is 2. The molecule has 2 aromatic heterocycles. The van der Waals surface area contributed by atoms with Gasteiger partial charge < -0.3 is 11.1 Å². The lowest BCUT2D eigenvalue weighted by atomic mass is 10.2. The van der Waals surface area contributed by atoms with Gasteiger partial charge in [-0.05, 0) is 19.4 Å². The van der Waals surface area contributed by atoms with Gasteiger partial charge in [-0.1, -0.05) is 0 Å². The Morgan fingerprint density at radius 3 is 3.17 bits per heavy atom. The number of aromatic nitrogens is 3.